The number of alkyl halides is 1. The molecule has 1 N–H and O–H groups in total. The Hall–Kier alpha value is -3.59. The number of likely N-dealkylation sites (tertiary alicyclic amines) is 1. The second-order valence-corrected chi connectivity index (χ2v) is 10.2. The van der Waals surface area contributed by atoms with Crippen LogP contribution in [0.25, 0.3) is 23.0 Å². The molecular formula is C28H32FN7O. The van der Waals surface area contributed by atoms with Gasteiger partial charge in [0.05, 0.1) is 6.54 Å². The van der Waals surface area contributed by atoms with Crippen molar-refractivity contribution < 1.29 is 8.91 Å². The maximum Gasteiger partial charge on any atom is 0.278 e. The molecule has 192 valence electrons. The number of benzene rings is 1. The van der Waals surface area contributed by atoms with E-state index in [1.807, 2.05) is 54.2 Å². The lowest BCUT2D eigenvalue weighted by atomic mass is 9.77. The third-order valence-corrected chi connectivity index (χ3v) is 7.52. The van der Waals surface area contributed by atoms with Crippen LogP contribution < -0.4 is 5.32 Å². The number of hydrogen-bond donors (Lipinski definition) is 1. The van der Waals surface area contributed by atoms with Crippen LogP contribution in [0.4, 0.5) is 10.2 Å². The van der Waals surface area contributed by atoms with E-state index in [4.69, 9.17) is 4.52 Å². The Bertz CT molecular complexity index is 1340. The number of hydrogen-bond acceptors (Lipinski definition) is 7. The summed E-state index contributed by atoms with van der Waals surface area (Å²) >= 11 is 0. The average Bonchev–Trinajstić information content (AvgIpc) is 3.66. The van der Waals surface area contributed by atoms with Crippen molar-refractivity contribution in [1.82, 2.24) is 29.8 Å². The molecule has 3 aromatic heterocycles. The Morgan fingerprint density at radius 3 is 2.57 bits per heavy atom. The Balaban J connectivity index is 1.08. The third-order valence-electron chi connectivity index (χ3n) is 7.52. The monoisotopic (exact) mass is 501 g/mol. The van der Waals surface area contributed by atoms with Crippen molar-refractivity contribution in [3.63, 3.8) is 0 Å². The molecule has 1 aliphatic heterocycles. The zero-order chi connectivity index (χ0) is 25.2. The molecule has 0 radical (unpaired) electrons. The molecule has 8 nitrogen and oxygen atoms in total. The van der Waals surface area contributed by atoms with Gasteiger partial charge in [-0.05, 0) is 75.4 Å². The van der Waals surface area contributed by atoms with E-state index < -0.39 is 5.67 Å². The quantitative estimate of drug-likeness (QED) is 0.337. The fourth-order valence-corrected chi connectivity index (χ4v) is 5.06. The average molecular weight is 502 g/mol. The van der Waals surface area contributed by atoms with Crippen molar-refractivity contribution in [3.05, 3.63) is 65.5 Å². The topological polar surface area (TPSA) is 84.9 Å². The van der Waals surface area contributed by atoms with E-state index >= 15 is 0 Å². The van der Waals surface area contributed by atoms with Crippen LogP contribution >= 0.6 is 0 Å². The highest BCUT2D eigenvalue weighted by atomic mass is 19.1. The summed E-state index contributed by atoms with van der Waals surface area (Å²) in [7, 11) is 0. The first-order valence-electron chi connectivity index (χ1n) is 13.2. The first-order valence-corrected chi connectivity index (χ1v) is 13.2. The zero-order valence-corrected chi connectivity index (χ0v) is 21.2. The molecule has 1 saturated heterocycles. The Kier molecular flexibility index (Phi) is 6.46. The van der Waals surface area contributed by atoms with E-state index in [-0.39, 0.29) is 0 Å². The minimum absolute atomic E-state index is 0.359. The van der Waals surface area contributed by atoms with Crippen LogP contribution in [-0.4, -0.2) is 56.0 Å². The summed E-state index contributed by atoms with van der Waals surface area (Å²) in [4.78, 5) is 11.6. The van der Waals surface area contributed by atoms with Crippen LogP contribution in [0.3, 0.4) is 0 Å². The van der Waals surface area contributed by atoms with Gasteiger partial charge in [0.1, 0.15) is 11.5 Å². The number of anilines is 1. The zero-order valence-electron chi connectivity index (χ0n) is 21.2. The summed E-state index contributed by atoms with van der Waals surface area (Å²) in [5, 5.41) is 12.2. The normalized spacial score (nSPS) is 17.1. The van der Waals surface area contributed by atoms with E-state index in [9.17, 15) is 4.39 Å². The van der Waals surface area contributed by atoms with E-state index in [0.717, 1.165) is 47.7 Å². The molecule has 0 amide bonds. The number of halogens is 1. The minimum Gasteiger partial charge on any atom is -0.369 e. The van der Waals surface area contributed by atoms with Crippen LogP contribution in [0.2, 0.25) is 0 Å². The van der Waals surface area contributed by atoms with Gasteiger partial charge >= 0.3 is 0 Å². The summed E-state index contributed by atoms with van der Waals surface area (Å²) in [6, 6.07) is 13.4. The summed E-state index contributed by atoms with van der Waals surface area (Å²) < 4.78 is 22.1. The molecular weight excluding hydrogens is 469 g/mol. The largest absolute Gasteiger partial charge is 0.369 e. The fourth-order valence-electron chi connectivity index (χ4n) is 5.06. The Morgan fingerprint density at radius 1 is 1.05 bits per heavy atom. The summed E-state index contributed by atoms with van der Waals surface area (Å²) in [5.41, 5.74) is 3.01. The molecule has 6 rings (SSSR count). The van der Waals surface area contributed by atoms with Crippen LogP contribution in [0.5, 0.6) is 0 Å². The molecule has 0 spiro atoms. The van der Waals surface area contributed by atoms with Gasteiger partial charge in [-0.2, -0.15) is 10.1 Å². The van der Waals surface area contributed by atoms with E-state index in [1.54, 1.807) is 0 Å². The predicted octanol–water partition coefficient (Wildman–Crippen LogP) is 5.21. The number of aromatic nitrogens is 5. The van der Waals surface area contributed by atoms with Crippen molar-refractivity contribution >= 4 is 5.82 Å². The molecule has 0 bridgehead atoms. The lowest BCUT2D eigenvalue weighted by Crippen LogP contribution is -2.28. The van der Waals surface area contributed by atoms with Crippen molar-refractivity contribution in [3.8, 4) is 23.0 Å². The highest BCUT2D eigenvalue weighted by molar-refractivity contribution is 5.58. The Labute approximate surface area is 215 Å². The van der Waals surface area contributed by atoms with Crippen molar-refractivity contribution in [2.24, 2.45) is 0 Å². The van der Waals surface area contributed by atoms with Gasteiger partial charge in [-0.3, -0.25) is 4.68 Å². The van der Waals surface area contributed by atoms with Gasteiger partial charge in [-0.1, -0.05) is 35.5 Å². The lowest BCUT2D eigenvalue weighted by molar-refractivity contribution is 0.0609. The number of rotatable bonds is 9. The maximum atomic E-state index is 14.6. The molecule has 1 saturated carbocycles. The van der Waals surface area contributed by atoms with Gasteiger partial charge in [0, 0.05) is 30.5 Å². The van der Waals surface area contributed by atoms with Crippen molar-refractivity contribution in [2.45, 2.75) is 51.2 Å². The summed E-state index contributed by atoms with van der Waals surface area (Å²) in [6.45, 7) is 6.97. The molecule has 0 atom stereocenters. The van der Waals surface area contributed by atoms with Gasteiger partial charge in [0.15, 0.2) is 5.69 Å². The predicted molar refractivity (Wildman–Crippen MR) is 140 cm³/mol. The van der Waals surface area contributed by atoms with Gasteiger partial charge in [0.25, 0.3) is 5.89 Å². The molecule has 0 unspecified atom stereocenters. The summed E-state index contributed by atoms with van der Waals surface area (Å²) in [5.74, 6) is 1.71. The van der Waals surface area contributed by atoms with Crippen LogP contribution in [0, 0.1) is 6.92 Å². The van der Waals surface area contributed by atoms with Gasteiger partial charge in [0.2, 0.25) is 5.82 Å². The molecule has 1 aromatic carbocycles. The van der Waals surface area contributed by atoms with Gasteiger partial charge in [-0.25, -0.2) is 9.37 Å². The van der Waals surface area contributed by atoms with Crippen LogP contribution in [-0.2, 0) is 12.2 Å². The standard InChI is InChI=1S/C28H32FN7O/c1-20-17-24(27-32-26(34-37-27)22-6-8-23(9-7-22)28(29)11-4-12-28)33-36(20)19-21-5-10-25(31-18-21)30-13-16-35-14-2-3-15-35/h5-10,17-18H,2-4,11-16,19H2,1H3,(H,30,31). The van der Waals surface area contributed by atoms with Crippen LogP contribution in [0.1, 0.15) is 48.9 Å². The van der Waals surface area contributed by atoms with Gasteiger partial charge < -0.3 is 14.7 Å². The highest BCUT2D eigenvalue weighted by Gasteiger charge is 2.38. The molecule has 37 heavy (non-hydrogen) atoms. The fraction of sp³-hybridized carbons (Fsp3) is 0.429. The van der Waals surface area contributed by atoms with Crippen molar-refractivity contribution in [2.75, 3.05) is 31.5 Å². The Morgan fingerprint density at radius 2 is 1.86 bits per heavy atom. The minimum atomic E-state index is -1.18. The second kappa shape index (κ2) is 10.0. The lowest BCUT2D eigenvalue weighted by Gasteiger charge is -2.34. The molecule has 4 heterocycles. The smallest absolute Gasteiger partial charge is 0.278 e. The molecule has 9 heteroatoms. The highest BCUT2D eigenvalue weighted by Crippen LogP contribution is 2.45. The van der Waals surface area contributed by atoms with E-state index in [1.165, 1.54) is 25.9 Å². The van der Waals surface area contributed by atoms with E-state index in [2.05, 4.69) is 36.5 Å². The van der Waals surface area contributed by atoms with Crippen LogP contribution in [0.15, 0.2) is 53.2 Å². The molecule has 1 aliphatic carbocycles. The second-order valence-electron chi connectivity index (χ2n) is 10.2. The van der Waals surface area contributed by atoms with Crippen molar-refractivity contribution in [1.29, 1.82) is 0 Å². The molecule has 2 fully saturated rings. The van der Waals surface area contributed by atoms with E-state index in [0.29, 0.717) is 36.8 Å². The number of aryl methyl sites for hydroxylation is 1. The summed E-state index contributed by atoms with van der Waals surface area (Å²) in [6.07, 6.45) is 6.64. The number of nitrogens with zero attached hydrogens (tertiary/aromatic N) is 6. The number of nitrogens with one attached hydrogen (secondary N) is 1. The van der Waals surface area contributed by atoms with Gasteiger partial charge in [-0.15, -0.1) is 0 Å². The molecule has 4 aromatic rings. The molecule has 2 aliphatic rings. The third kappa shape index (κ3) is 5.13. The SMILES string of the molecule is Cc1cc(-c2nc(-c3ccc(C4(F)CCC4)cc3)no2)nn1Cc1ccc(NCCN2CCCC2)nc1. The first-order chi connectivity index (χ1) is 18.1. The first kappa shape index (κ1) is 23.8. The maximum absolute atomic E-state index is 14.6. The number of pyridine rings is 1.